The van der Waals surface area contributed by atoms with E-state index >= 15 is 0 Å². The lowest BCUT2D eigenvalue weighted by atomic mass is 9.97. The van der Waals surface area contributed by atoms with Crippen molar-refractivity contribution >= 4 is 5.97 Å². The van der Waals surface area contributed by atoms with Crippen molar-refractivity contribution in [3.63, 3.8) is 0 Å². The molecule has 1 aromatic carbocycles. The lowest BCUT2D eigenvalue weighted by molar-refractivity contribution is -0.271. The molecular weight excluding hydrogens is 336 g/mol. The van der Waals surface area contributed by atoms with Gasteiger partial charge in [0.25, 0.3) is 0 Å². The topological polar surface area (TPSA) is 146 Å². The summed E-state index contributed by atoms with van der Waals surface area (Å²) >= 11 is 0. The van der Waals surface area contributed by atoms with E-state index in [-0.39, 0.29) is 11.5 Å². The zero-order valence-corrected chi connectivity index (χ0v) is 13.6. The average molecular weight is 356 g/mol. The molecule has 9 heteroatoms. The molecule has 0 spiro atoms. The summed E-state index contributed by atoms with van der Waals surface area (Å²) in [5.74, 6) is -1.15. The second kappa shape index (κ2) is 6.11. The Bertz CT molecular complexity index is 674. The minimum absolute atomic E-state index is 0.110. The number of aliphatic carboxylic acids is 1. The molecule has 0 bridgehead atoms. The lowest BCUT2D eigenvalue weighted by Gasteiger charge is -2.38. The lowest BCUT2D eigenvalue weighted by Crippen LogP contribution is -2.61. The molecule has 9 nitrogen and oxygen atoms in total. The van der Waals surface area contributed by atoms with Crippen LogP contribution < -0.4 is 9.47 Å². The quantitative estimate of drug-likeness (QED) is 0.468. The van der Waals surface area contributed by atoms with Crippen LogP contribution in [0.5, 0.6) is 11.5 Å². The van der Waals surface area contributed by atoms with Gasteiger partial charge in [0.15, 0.2) is 17.6 Å². The molecule has 3 rings (SSSR count). The second-order valence-corrected chi connectivity index (χ2v) is 6.64. The molecule has 0 aromatic heterocycles. The fourth-order valence-corrected chi connectivity index (χ4v) is 2.92. The summed E-state index contributed by atoms with van der Waals surface area (Å²) in [7, 11) is 0. The van der Waals surface area contributed by atoms with E-state index in [4.69, 9.17) is 19.3 Å². The van der Waals surface area contributed by atoms with Crippen LogP contribution in [0, 0.1) is 0 Å². The fraction of sp³-hybridized carbons (Fsp3) is 0.562. The number of rotatable bonds is 3. The van der Waals surface area contributed by atoms with Crippen LogP contribution in [-0.4, -0.2) is 67.8 Å². The molecule has 6 atom stereocenters. The van der Waals surface area contributed by atoms with Gasteiger partial charge in [0.05, 0.1) is 0 Å². The normalized spacial score (nSPS) is 36.4. The van der Waals surface area contributed by atoms with Gasteiger partial charge >= 0.3 is 5.97 Å². The monoisotopic (exact) mass is 356 g/mol. The van der Waals surface area contributed by atoms with Gasteiger partial charge in [0.1, 0.15) is 30.0 Å². The predicted molar refractivity (Wildman–Crippen MR) is 81.1 cm³/mol. The van der Waals surface area contributed by atoms with E-state index < -0.39 is 48.4 Å². The van der Waals surface area contributed by atoms with Crippen molar-refractivity contribution in [3.05, 3.63) is 23.8 Å². The zero-order chi connectivity index (χ0) is 18.5. The number of fused-ring (bicyclic) bond motifs is 1. The zero-order valence-electron chi connectivity index (χ0n) is 13.6. The van der Waals surface area contributed by atoms with Crippen molar-refractivity contribution < 1.29 is 44.5 Å². The molecule has 0 radical (unpaired) electrons. The minimum Gasteiger partial charge on any atom is -0.480 e. The molecule has 2 aliphatic rings. The molecule has 5 N–H and O–H groups in total. The van der Waals surface area contributed by atoms with E-state index in [2.05, 4.69) is 0 Å². The molecule has 0 amide bonds. The van der Waals surface area contributed by atoms with Crippen LogP contribution in [0.1, 0.15) is 25.5 Å². The summed E-state index contributed by atoms with van der Waals surface area (Å²) in [4.78, 5) is 11.1. The maximum absolute atomic E-state index is 11.1. The molecule has 1 saturated heterocycles. The highest BCUT2D eigenvalue weighted by molar-refractivity contribution is 5.73. The Kier molecular flexibility index (Phi) is 4.38. The highest BCUT2D eigenvalue weighted by Gasteiger charge is 2.49. The summed E-state index contributed by atoms with van der Waals surface area (Å²) in [6, 6.07) is 4.74. The maximum atomic E-state index is 11.1. The van der Waals surface area contributed by atoms with Crippen molar-refractivity contribution in [2.45, 2.75) is 56.3 Å². The number of para-hydroxylation sites is 1. The van der Waals surface area contributed by atoms with Crippen LogP contribution in [-0.2, 0) is 9.53 Å². The Balaban J connectivity index is 1.87. The Labute approximate surface area is 143 Å². The molecule has 0 saturated carbocycles. The van der Waals surface area contributed by atoms with Gasteiger partial charge in [-0.15, -0.1) is 0 Å². The van der Waals surface area contributed by atoms with Gasteiger partial charge in [-0.05, 0) is 19.9 Å². The van der Waals surface area contributed by atoms with Crippen LogP contribution in [0.4, 0.5) is 0 Å². The van der Waals surface area contributed by atoms with Gasteiger partial charge in [-0.3, -0.25) is 0 Å². The first-order valence-electron chi connectivity index (χ1n) is 7.72. The smallest absolute Gasteiger partial charge is 0.335 e. The van der Waals surface area contributed by atoms with E-state index in [0.717, 1.165) is 0 Å². The first-order chi connectivity index (χ1) is 11.6. The van der Waals surface area contributed by atoms with Gasteiger partial charge < -0.3 is 39.7 Å². The number of ether oxygens (including phenoxy) is 3. The van der Waals surface area contributed by atoms with Crippen molar-refractivity contribution in [2.75, 3.05) is 0 Å². The molecule has 2 heterocycles. The third-order valence-corrected chi connectivity index (χ3v) is 4.38. The van der Waals surface area contributed by atoms with Crippen LogP contribution in [0.2, 0.25) is 0 Å². The third kappa shape index (κ3) is 2.94. The number of aliphatic hydroxyl groups excluding tert-OH is 4. The highest BCUT2D eigenvalue weighted by atomic mass is 16.7. The molecule has 0 aliphatic carbocycles. The van der Waals surface area contributed by atoms with Crippen LogP contribution in [0.25, 0.3) is 0 Å². The maximum Gasteiger partial charge on any atom is 0.335 e. The predicted octanol–water partition coefficient (Wildman–Crippen LogP) is -0.838. The summed E-state index contributed by atoms with van der Waals surface area (Å²) < 4.78 is 16.3. The number of hydrogen-bond donors (Lipinski definition) is 5. The van der Waals surface area contributed by atoms with Crippen LogP contribution >= 0.6 is 0 Å². The molecule has 138 valence electrons. The highest BCUT2D eigenvalue weighted by Crippen LogP contribution is 2.48. The van der Waals surface area contributed by atoms with Crippen LogP contribution in [0.3, 0.4) is 0 Å². The number of aliphatic hydroxyl groups is 4. The van der Waals surface area contributed by atoms with Gasteiger partial charge in [-0.25, -0.2) is 4.79 Å². The van der Waals surface area contributed by atoms with E-state index in [9.17, 15) is 25.2 Å². The molecule has 6 unspecified atom stereocenters. The Morgan fingerprint density at radius 3 is 2.44 bits per heavy atom. The Morgan fingerprint density at radius 1 is 1.12 bits per heavy atom. The van der Waals surface area contributed by atoms with E-state index in [0.29, 0.717) is 5.56 Å². The minimum atomic E-state index is -1.80. The third-order valence-electron chi connectivity index (χ3n) is 4.38. The first kappa shape index (κ1) is 17.9. The second-order valence-electron chi connectivity index (χ2n) is 6.64. The largest absolute Gasteiger partial charge is 0.480 e. The summed E-state index contributed by atoms with van der Waals surface area (Å²) in [6.45, 7) is 3.38. The van der Waals surface area contributed by atoms with Gasteiger partial charge in [-0.2, -0.15) is 0 Å². The fourth-order valence-electron chi connectivity index (χ4n) is 2.92. The van der Waals surface area contributed by atoms with Gasteiger partial charge in [0, 0.05) is 5.56 Å². The summed E-state index contributed by atoms with van der Waals surface area (Å²) in [5.41, 5.74) is -0.421. The molecule has 1 fully saturated rings. The number of hydrogen-bond acceptors (Lipinski definition) is 8. The Morgan fingerprint density at radius 2 is 1.80 bits per heavy atom. The number of carboxylic acids is 1. The average Bonchev–Trinajstić information content (AvgIpc) is 2.78. The van der Waals surface area contributed by atoms with Gasteiger partial charge in [-0.1, -0.05) is 12.1 Å². The van der Waals surface area contributed by atoms with Gasteiger partial charge in [0.2, 0.25) is 6.29 Å². The number of carboxylic acid groups (broad SMARTS) is 1. The molecule has 1 aromatic rings. The number of benzene rings is 1. The molecule has 2 aliphatic heterocycles. The number of carbonyl (C=O) groups is 1. The standard InChI is InChI=1S/C16H20O9/c1-16(2)13(20)6-4-3-5-7(11(6)25-16)23-15-10(19)8(17)9(18)12(24-15)14(21)22/h3-5,8-10,12-13,15,17-20H,1-2H3,(H,21,22). The van der Waals surface area contributed by atoms with E-state index in [1.165, 1.54) is 6.07 Å². The van der Waals surface area contributed by atoms with E-state index in [1.54, 1.807) is 26.0 Å². The first-order valence-corrected chi connectivity index (χ1v) is 7.72. The van der Waals surface area contributed by atoms with Crippen molar-refractivity contribution in [2.24, 2.45) is 0 Å². The van der Waals surface area contributed by atoms with E-state index in [1.807, 2.05) is 0 Å². The van der Waals surface area contributed by atoms with Crippen molar-refractivity contribution in [1.29, 1.82) is 0 Å². The molecular formula is C16H20O9. The Hall–Kier alpha value is -1.91. The van der Waals surface area contributed by atoms with Crippen molar-refractivity contribution in [1.82, 2.24) is 0 Å². The summed E-state index contributed by atoms with van der Waals surface area (Å²) in [5, 5.41) is 48.9. The SMILES string of the molecule is CC1(C)Oc2c(OC3OC(C(=O)O)C(O)C(O)C3O)cccc2C1O. The molecule has 25 heavy (non-hydrogen) atoms. The van der Waals surface area contributed by atoms with Crippen molar-refractivity contribution in [3.8, 4) is 11.5 Å². The summed E-state index contributed by atoms with van der Waals surface area (Å²) in [6.07, 6.45) is -9.45. The van der Waals surface area contributed by atoms with Crippen LogP contribution in [0.15, 0.2) is 18.2 Å².